The first-order valence-electron chi connectivity index (χ1n) is 10.2. The number of carbonyl (C=O) groups excluding carboxylic acids is 1. The van der Waals surface area contributed by atoms with E-state index in [1.54, 1.807) is 4.90 Å². The largest absolute Gasteiger partial charge is 0.435 e. The van der Waals surface area contributed by atoms with Crippen molar-refractivity contribution in [1.29, 1.82) is 0 Å². The summed E-state index contributed by atoms with van der Waals surface area (Å²) in [5.41, 5.74) is 1.70. The van der Waals surface area contributed by atoms with Gasteiger partial charge in [-0.3, -0.25) is 9.48 Å². The predicted octanol–water partition coefficient (Wildman–Crippen LogP) is 4.00. The average Bonchev–Trinajstić information content (AvgIpc) is 3.38. The number of nitrogens with zero attached hydrogens (tertiary/aromatic N) is 4. The van der Waals surface area contributed by atoms with Crippen molar-refractivity contribution >= 4 is 5.91 Å². The minimum atomic E-state index is -4.50. The van der Waals surface area contributed by atoms with Gasteiger partial charge in [0.2, 0.25) is 5.91 Å². The number of rotatable bonds is 4. The van der Waals surface area contributed by atoms with E-state index in [0.29, 0.717) is 31.5 Å². The molecule has 4 rings (SSSR count). The minimum Gasteiger partial charge on any atom is -0.361 e. The van der Waals surface area contributed by atoms with Crippen LogP contribution in [0.1, 0.15) is 72.6 Å². The Balaban J connectivity index is 1.61. The normalized spacial score (nSPS) is 19.6. The Hall–Kier alpha value is -2.32. The summed E-state index contributed by atoms with van der Waals surface area (Å²) in [6, 6.07) is -0.142. The lowest BCUT2D eigenvalue weighted by Gasteiger charge is -2.25. The SMILES string of the molecule is CCc1onc(C)c1[C@@H]1CCCN1C(=O)Cn1nc(C(F)(F)F)c2c1CCCC2. The van der Waals surface area contributed by atoms with Crippen molar-refractivity contribution < 1.29 is 22.5 Å². The molecule has 0 bridgehead atoms. The fraction of sp³-hybridized carbons (Fsp3) is 0.650. The zero-order valence-corrected chi connectivity index (χ0v) is 16.7. The Morgan fingerprint density at radius 1 is 1.24 bits per heavy atom. The number of halogens is 3. The summed E-state index contributed by atoms with van der Waals surface area (Å²) in [6.45, 7) is 4.24. The van der Waals surface area contributed by atoms with Gasteiger partial charge in [0, 0.05) is 29.8 Å². The fourth-order valence-corrected chi connectivity index (χ4v) is 4.72. The van der Waals surface area contributed by atoms with E-state index >= 15 is 0 Å². The molecule has 29 heavy (non-hydrogen) atoms. The monoisotopic (exact) mass is 410 g/mol. The summed E-state index contributed by atoms with van der Waals surface area (Å²) < 4.78 is 46.9. The first kappa shape index (κ1) is 20.0. The van der Waals surface area contributed by atoms with E-state index in [4.69, 9.17) is 4.52 Å². The Labute approximate surface area is 167 Å². The van der Waals surface area contributed by atoms with Gasteiger partial charge in [0.05, 0.1) is 11.7 Å². The molecule has 6 nitrogen and oxygen atoms in total. The number of fused-ring (bicyclic) bond motifs is 1. The quantitative estimate of drug-likeness (QED) is 0.764. The molecule has 0 unspecified atom stereocenters. The minimum absolute atomic E-state index is 0.142. The Bertz CT molecular complexity index is 916. The number of carbonyl (C=O) groups is 1. The molecule has 0 spiro atoms. The van der Waals surface area contributed by atoms with Gasteiger partial charge < -0.3 is 9.42 Å². The Morgan fingerprint density at radius 3 is 2.72 bits per heavy atom. The van der Waals surface area contributed by atoms with Gasteiger partial charge in [-0.05, 0) is 45.4 Å². The molecule has 158 valence electrons. The van der Waals surface area contributed by atoms with Crippen LogP contribution in [0.4, 0.5) is 13.2 Å². The predicted molar refractivity (Wildman–Crippen MR) is 98.2 cm³/mol. The number of hydrogen-bond acceptors (Lipinski definition) is 4. The molecule has 1 fully saturated rings. The van der Waals surface area contributed by atoms with Gasteiger partial charge >= 0.3 is 6.18 Å². The summed E-state index contributed by atoms with van der Waals surface area (Å²) in [4.78, 5) is 14.9. The van der Waals surface area contributed by atoms with Crippen LogP contribution in [0, 0.1) is 6.92 Å². The molecule has 2 aromatic rings. The maximum absolute atomic E-state index is 13.4. The van der Waals surface area contributed by atoms with Crippen LogP contribution in [0.3, 0.4) is 0 Å². The maximum Gasteiger partial charge on any atom is 0.435 e. The molecule has 9 heteroatoms. The highest BCUT2D eigenvalue weighted by Gasteiger charge is 2.40. The van der Waals surface area contributed by atoms with Gasteiger partial charge in [-0.2, -0.15) is 18.3 Å². The fourth-order valence-electron chi connectivity index (χ4n) is 4.72. The molecule has 1 amide bonds. The molecule has 0 N–H and O–H groups in total. The third kappa shape index (κ3) is 3.55. The van der Waals surface area contributed by atoms with Gasteiger partial charge in [-0.1, -0.05) is 12.1 Å². The zero-order chi connectivity index (χ0) is 20.8. The lowest BCUT2D eigenvalue weighted by Crippen LogP contribution is -2.34. The van der Waals surface area contributed by atoms with Crippen LogP contribution in [0.15, 0.2) is 4.52 Å². The van der Waals surface area contributed by atoms with E-state index in [-0.39, 0.29) is 24.1 Å². The summed E-state index contributed by atoms with van der Waals surface area (Å²) >= 11 is 0. The van der Waals surface area contributed by atoms with Gasteiger partial charge in [0.25, 0.3) is 0 Å². The first-order valence-corrected chi connectivity index (χ1v) is 10.2. The molecule has 1 atom stereocenters. The van der Waals surface area contributed by atoms with E-state index < -0.39 is 11.9 Å². The van der Waals surface area contributed by atoms with Crippen molar-refractivity contribution in [3.05, 3.63) is 34.0 Å². The van der Waals surface area contributed by atoms with Crippen molar-refractivity contribution in [2.75, 3.05) is 6.54 Å². The summed E-state index contributed by atoms with van der Waals surface area (Å²) in [7, 11) is 0. The zero-order valence-electron chi connectivity index (χ0n) is 16.7. The lowest BCUT2D eigenvalue weighted by atomic mass is 9.95. The summed E-state index contributed by atoms with van der Waals surface area (Å²) in [6.07, 6.45) is 0.246. The van der Waals surface area contributed by atoms with Crippen LogP contribution in [-0.2, 0) is 36.8 Å². The van der Waals surface area contributed by atoms with Crippen molar-refractivity contribution in [3.8, 4) is 0 Å². The second kappa shape index (κ2) is 7.50. The third-order valence-electron chi connectivity index (χ3n) is 6.02. The number of likely N-dealkylation sites (tertiary alicyclic amines) is 1. The van der Waals surface area contributed by atoms with Gasteiger partial charge in [-0.25, -0.2) is 0 Å². The van der Waals surface area contributed by atoms with E-state index in [0.717, 1.165) is 42.7 Å². The standard InChI is InChI=1S/C20H25F3N4O2/c1-3-16-18(12(2)25-29-16)15-9-6-10-26(15)17(28)11-27-14-8-5-4-7-13(14)19(24-27)20(21,22)23/h15H,3-11H2,1-2H3/t15-/m0/s1. The highest BCUT2D eigenvalue weighted by Crippen LogP contribution is 2.38. The third-order valence-corrected chi connectivity index (χ3v) is 6.02. The van der Waals surface area contributed by atoms with Crippen LogP contribution in [0.5, 0.6) is 0 Å². The van der Waals surface area contributed by atoms with Crippen molar-refractivity contribution in [2.24, 2.45) is 0 Å². The lowest BCUT2D eigenvalue weighted by molar-refractivity contribution is -0.142. The number of alkyl halides is 3. The second-order valence-corrected chi connectivity index (χ2v) is 7.84. The Morgan fingerprint density at radius 2 is 2.00 bits per heavy atom. The van der Waals surface area contributed by atoms with E-state index in [1.165, 1.54) is 4.68 Å². The molecule has 3 heterocycles. The highest BCUT2D eigenvalue weighted by atomic mass is 19.4. The van der Waals surface area contributed by atoms with Crippen LogP contribution >= 0.6 is 0 Å². The molecule has 1 aliphatic heterocycles. The van der Waals surface area contributed by atoms with Gasteiger partial charge in [0.15, 0.2) is 5.69 Å². The second-order valence-electron chi connectivity index (χ2n) is 7.84. The highest BCUT2D eigenvalue weighted by molar-refractivity contribution is 5.77. The van der Waals surface area contributed by atoms with Crippen LogP contribution in [-0.4, -0.2) is 32.3 Å². The topological polar surface area (TPSA) is 64.2 Å². The number of amides is 1. The van der Waals surface area contributed by atoms with Crippen LogP contribution in [0.2, 0.25) is 0 Å². The summed E-state index contributed by atoms with van der Waals surface area (Å²) in [5, 5.41) is 7.87. The number of aryl methyl sites for hydroxylation is 2. The van der Waals surface area contributed by atoms with E-state index in [2.05, 4.69) is 10.3 Å². The molecule has 1 saturated heterocycles. The number of aromatic nitrogens is 3. The van der Waals surface area contributed by atoms with Gasteiger partial charge in [-0.15, -0.1) is 0 Å². The maximum atomic E-state index is 13.4. The molecular formula is C20H25F3N4O2. The molecule has 1 aliphatic carbocycles. The van der Waals surface area contributed by atoms with Crippen LogP contribution in [0.25, 0.3) is 0 Å². The van der Waals surface area contributed by atoms with Crippen molar-refractivity contribution in [2.45, 2.75) is 77.6 Å². The Kier molecular flexibility index (Phi) is 5.16. The van der Waals surface area contributed by atoms with Gasteiger partial charge in [0.1, 0.15) is 12.3 Å². The molecule has 0 aromatic carbocycles. The van der Waals surface area contributed by atoms with Crippen LogP contribution < -0.4 is 0 Å². The average molecular weight is 410 g/mol. The van der Waals surface area contributed by atoms with Crippen molar-refractivity contribution in [3.63, 3.8) is 0 Å². The molecule has 2 aromatic heterocycles. The van der Waals surface area contributed by atoms with Crippen molar-refractivity contribution in [1.82, 2.24) is 19.8 Å². The smallest absolute Gasteiger partial charge is 0.361 e. The first-order chi connectivity index (χ1) is 13.8. The molecule has 0 saturated carbocycles. The molecule has 0 radical (unpaired) electrons. The number of hydrogen-bond donors (Lipinski definition) is 0. The van der Waals surface area contributed by atoms with E-state index in [1.807, 2.05) is 13.8 Å². The molecule has 2 aliphatic rings. The molecular weight excluding hydrogens is 385 g/mol. The summed E-state index contributed by atoms with van der Waals surface area (Å²) in [5.74, 6) is 0.558. The van der Waals surface area contributed by atoms with E-state index in [9.17, 15) is 18.0 Å².